The van der Waals surface area contributed by atoms with E-state index in [9.17, 15) is 0 Å². The molecule has 1 aromatic rings. The fourth-order valence-electron chi connectivity index (χ4n) is 1.15. The van der Waals surface area contributed by atoms with Crippen molar-refractivity contribution < 1.29 is 0 Å². The second-order valence-electron chi connectivity index (χ2n) is 3.54. The van der Waals surface area contributed by atoms with Gasteiger partial charge < -0.3 is 0 Å². The van der Waals surface area contributed by atoms with Crippen LogP contribution in [0.2, 0.25) is 0 Å². The molecule has 0 aliphatic carbocycles. The van der Waals surface area contributed by atoms with Crippen LogP contribution in [0.25, 0.3) is 0 Å². The molecule has 1 aromatic heterocycles. The van der Waals surface area contributed by atoms with Crippen LogP contribution >= 0.6 is 0 Å². The van der Waals surface area contributed by atoms with Gasteiger partial charge in [-0.25, -0.2) is 0 Å². The Morgan fingerprint density at radius 3 is 2.00 bits per heavy atom. The molecule has 0 fully saturated rings. The third-order valence-corrected chi connectivity index (χ3v) is 1.77. The van der Waals surface area contributed by atoms with Crippen molar-refractivity contribution in [2.24, 2.45) is 0 Å². The monoisotopic (exact) mass is 163 g/mol. The molecule has 0 unspecified atom stereocenters. The molecule has 0 spiro atoms. The van der Waals surface area contributed by atoms with Gasteiger partial charge in [-0.2, -0.15) is 0 Å². The van der Waals surface area contributed by atoms with Crippen LogP contribution in [0.15, 0.2) is 0 Å². The van der Waals surface area contributed by atoms with E-state index in [1.165, 1.54) is 7.19 Å². The van der Waals surface area contributed by atoms with Gasteiger partial charge in [0.2, 0.25) is 0 Å². The predicted molar refractivity (Wildman–Crippen MR) is 49.4 cm³/mol. The van der Waals surface area contributed by atoms with Gasteiger partial charge in [-0.05, 0) is 0 Å². The molecule has 0 radical (unpaired) electrons. The van der Waals surface area contributed by atoms with Gasteiger partial charge in [-0.15, -0.1) is 0 Å². The topological polar surface area (TPSA) is 38.7 Å². The van der Waals surface area contributed by atoms with E-state index in [-0.39, 0.29) is 0 Å². The van der Waals surface area contributed by atoms with Gasteiger partial charge in [0.1, 0.15) is 0 Å². The average Bonchev–Trinajstić information content (AvgIpc) is 2.04. The molecule has 0 amide bonds. The number of hydrogen-bond acceptors (Lipinski definition) is 3. The van der Waals surface area contributed by atoms with E-state index in [0.717, 1.165) is 11.4 Å². The van der Waals surface area contributed by atoms with Crippen LogP contribution in [-0.4, -0.2) is 22.2 Å². The van der Waals surface area contributed by atoms with Crippen LogP contribution in [0.4, 0.5) is 0 Å². The Morgan fingerprint density at radius 2 is 1.58 bits per heavy atom. The van der Waals surface area contributed by atoms with Crippen molar-refractivity contribution in [2.75, 3.05) is 0 Å². The summed E-state index contributed by atoms with van der Waals surface area (Å²) in [5.41, 5.74) is 2.09. The van der Waals surface area contributed by atoms with Crippen LogP contribution in [0.3, 0.4) is 0 Å². The van der Waals surface area contributed by atoms with Crippen molar-refractivity contribution >= 4 is 7.19 Å². The summed E-state index contributed by atoms with van der Waals surface area (Å²) in [5.74, 6) is 0.835. The third-order valence-electron chi connectivity index (χ3n) is 1.77. The molecule has 1 rings (SSSR count). The van der Waals surface area contributed by atoms with Crippen LogP contribution < -0.4 is 0 Å². The normalized spacial score (nSPS) is 10.8. The molecule has 12 heavy (non-hydrogen) atoms. The van der Waals surface area contributed by atoms with Gasteiger partial charge in [-0.3, -0.25) is 0 Å². The molecule has 0 atom stereocenters. The first kappa shape index (κ1) is 9.29. The van der Waals surface area contributed by atoms with Crippen molar-refractivity contribution in [1.82, 2.24) is 15.0 Å². The minimum absolute atomic E-state index is 0.406. The maximum atomic E-state index is 4.23. The Morgan fingerprint density at radius 1 is 1.00 bits per heavy atom. The summed E-state index contributed by atoms with van der Waals surface area (Å²) in [7, 11) is 1.52. The van der Waals surface area contributed by atoms with Gasteiger partial charge in [0.15, 0.2) is 0 Å². The molecule has 0 bridgehead atoms. The van der Waals surface area contributed by atoms with Crippen LogP contribution in [0, 0.1) is 0 Å². The molecule has 0 saturated heterocycles. The van der Waals surface area contributed by atoms with Crippen molar-refractivity contribution in [2.45, 2.75) is 39.5 Å². The Balaban J connectivity index is 3.09. The maximum absolute atomic E-state index is 4.23. The van der Waals surface area contributed by atoms with Gasteiger partial charge in [0.05, 0.1) is 0 Å². The summed E-state index contributed by atoms with van der Waals surface area (Å²) in [6, 6.07) is 0. The summed E-state index contributed by atoms with van der Waals surface area (Å²) in [5, 5.41) is 7.87. The second kappa shape index (κ2) is 3.74. The van der Waals surface area contributed by atoms with Crippen molar-refractivity contribution in [3.8, 4) is 0 Å². The molecule has 0 aliphatic heterocycles. The quantitative estimate of drug-likeness (QED) is 0.662. The number of rotatable bonds is 2. The van der Waals surface area contributed by atoms with Gasteiger partial charge >= 0.3 is 73.1 Å². The standard InChI is InChI=1S/C8H14BN3/c1-5(2)7-8(6(3)4)11-12-9-10-7/h5-6H,1-4H3. The summed E-state index contributed by atoms with van der Waals surface area (Å²) >= 11 is 0. The van der Waals surface area contributed by atoms with Crippen molar-refractivity contribution in [3.05, 3.63) is 11.4 Å². The molecule has 0 aliphatic rings. The second-order valence-corrected chi connectivity index (χ2v) is 3.54. The molecule has 3 nitrogen and oxygen atoms in total. The molecule has 64 valence electrons. The number of nitrogens with zero attached hydrogens (tertiary/aromatic N) is 3. The van der Waals surface area contributed by atoms with Crippen LogP contribution in [0.1, 0.15) is 50.9 Å². The molecule has 0 N–H and O–H groups in total. The summed E-state index contributed by atoms with van der Waals surface area (Å²) < 4.78 is 0. The Hall–Kier alpha value is -0.795. The molecular weight excluding hydrogens is 149 g/mol. The Bertz CT molecular complexity index is 233. The summed E-state index contributed by atoms with van der Waals surface area (Å²) in [6.45, 7) is 8.46. The molecule has 0 aromatic carbocycles. The molecule has 1 heterocycles. The zero-order chi connectivity index (χ0) is 9.14. The zero-order valence-electron chi connectivity index (χ0n) is 8.07. The van der Waals surface area contributed by atoms with E-state index in [4.69, 9.17) is 0 Å². The van der Waals surface area contributed by atoms with Gasteiger partial charge in [0.25, 0.3) is 0 Å². The molecular formula is C8H14BN3. The van der Waals surface area contributed by atoms with Gasteiger partial charge in [-0.1, -0.05) is 0 Å². The molecule has 4 heteroatoms. The van der Waals surface area contributed by atoms with Gasteiger partial charge in [0, 0.05) is 0 Å². The predicted octanol–water partition coefficient (Wildman–Crippen LogP) is 1.46. The first-order valence-corrected chi connectivity index (χ1v) is 4.30. The average molecular weight is 163 g/mol. The van der Waals surface area contributed by atoms with E-state index in [1.807, 2.05) is 0 Å². The Kier molecular flexibility index (Phi) is 2.90. The SMILES string of the molecule is CC(C)c1nbnnc1C(C)C. The van der Waals surface area contributed by atoms with Crippen LogP contribution in [0.5, 0.6) is 0 Å². The van der Waals surface area contributed by atoms with E-state index >= 15 is 0 Å². The molecule has 0 saturated carbocycles. The number of hydrogen-bond donors (Lipinski definition) is 0. The summed E-state index contributed by atoms with van der Waals surface area (Å²) in [4.78, 5) is 4.23. The number of aromatic nitrogens is 3. The fraction of sp³-hybridized carbons (Fsp3) is 0.750. The first-order valence-electron chi connectivity index (χ1n) is 4.30. The zero-order valence-corrected chi connectivity index (χ0v) is 8.07. The van der Waals surface area contributed by atoms with Crippen molar-refractivity contribution in [3.63, 3.8) is 0 Å². The van der Waals surface area contributed by atoms with E-state index in [1.54, 1.807) is 0 Å². The summed E-state index contributed by atoms with van der Waals surface area (Å²) in [6.07, 6.45) is 0. The minimum atomic E-state index is 0.406. The fourth-order valence-corrected chi connectivity index (χ4v) is 1.15. The Labute approximate surface area is 73.9 Å². The van der Waals surface area contributed by atoms with E-state index in [2.05, 4.69) is 42.7 Å². The van der Waals surface area contributed by atoms with Crippen molar-refractivity contribution in [1.29, 1.82) is 0 Å². The first-order chi connectivity index (χ1) is 5.63. The third kappa shape index (κ3) is 1.87. The van der Waals surface area contributed by atoms with Crippen LogP contribution in [-0.2, 0) is 0 Å². The van der Waals surface area contributed by atoms with E-state index in [0.29, 0.717) is 11.8 Å². The van der Waals surface area contributed by atoms with E-state index < -0.39 is 0 Å².